The van der Waals surface area contributed by atoms with Crippen molar-refractivity contribution in [1.82, 2.24) is 10.3 Å². The zero-order valence-corrected chi connectivity index (χ0v) is 13.2. The van der Waals surface area contributed by atoms with E-state index < -0.39 is 4.92 Å². The molecular formula is C16H22N4O3. The predicted molar refractivity (Wildman–Crippen MR) is 86.2 cm³/mol. The molecular weight excluding hydrogens is 296 g/mol. The van der Waals surface area contributed by atoms with Gasteiger partial charge in [-0.1, -0.05) is 6.42 Å². The van der Waals surface area contributed by atoms with Gasteiger partial charge < -0.3 is 10.6 Å². The molecule has 0 aliphatic heterocycles. The summed E-state index contributed by atoms with van der Waals surface area (Å²) in [6.07, 6.45) is 7.22. The van der Waals surface area contributed by atoms with E-state index in [-0.39, 0.29) is 23.6 Å². The van der Waals surface area contributed by atoms with Gasteiger partial charge in [-0.25, -0.2) is 4.98 Å². The topological polar surface area (TPSA) is 97.2 Å². The predicted octanol–water partition coefficient (Wildman–Crippen LogP) is 2.55. The minimum absolute atomic E-state index is 0.00504. The second-order valence-corrected chi connectivity index (χ2v) is 6.63. The standard InChI is InChI=1S/C16H22N4O3/c1-10-7-14(20(22)23)15(17-9-10)18-13-4-2-3-11(8-13)16(21)19-12-5-6-12/h7,9,11-13H,2-6,8H2,1H3,(H,17,18)(H,19,21). The van der Waals surface area contributed by atoms with Crippen LogP contribution in [0.3, 0.4) is 0 Å². The van der Waals surface area contributed by atoms with Crippen LogP contribution in [0.5, 0.6) is 0 Å². The summed E-state index contributed by atoms with van der Waals surface area (Å²) in [5, 5.41) is 17.4. The lowest BCUT2D eigenvalue weighted by Gasteiger charge is -2.29. The first-order valence-electron chi connectivity index (χ1n) is 8.21. The smallest absolute Gasteiger partial charge is 0.311 e. The van der Waals surface area contributed by atoms with Crippen molar-refractivity contribution in [3.05, 3.63) is 27.9 Å². The van der Waals surface area contributed by atoms with Crippen LogP contribution in [-0.4, -0.2) is 27.9 Å². The Morgan fingerprint density at radius 2 is 2.09 bits per heavy atom. The number of hydrogen-bond donors (Lipinski definition) is 2. The van der Waals surface area contributed by atoms with E-state index in [2.05, 4.69) is 15.6 Å². The largest absolute Gasteiger partial charge is 0.362 e. The molecule has 124 valence electrons. The molecule has 7 heteroatoms. The summed E-state index contributed by atoms with van der Waals surface area (Å²) >= 11 is 0. The van der Waals surface area contributed by atoms with Gasteiger partial charge in [0, 0.05) is 30.3 Å². The molecule has 2 aliphatic rings. The van der Waals surface area contributed by atoms with E-state index in [1.165, 1.54) is 6.07 Å². The first-order chi connectivity index (χ1) is 11.0. The van der Waals surface area contributed by atoms with E-state index >= 15 is 0 Å². The van der Waals surface area contributed by atoms with Crippen LogP contribution in [0, 0.1) is 23.0 Å². The van der Waals surface area contributed by atoms with Crippen molar-refractivity contribution in [2.75, 3.05) is 5.32 Å². The lowest BCUT2D eigenvalue weighted by molar-refractivity contribution is -0.384. The number of aryl methyl sites for hydroxylation is 1. The van der Waals surface area contributed by atoms with Crippen molar-refractivity contribution in [2.45, 2.75) is 57.5 Å². The quantitative estimate of drug-likeness (QED) is 0.642. The molecule has 3 rings (SSSR count). The summed E-state index contributed by atoms with van der Waals surface area (Å²) < 4.78 is 0. The van der Waals surface area contributed by atoms with E-state index in [0.717, 1.165) is 37.7 Å². The molecule has 0 bridgehead atoms. The minimum Gasteiger partial charge on any atom is -0.362 e. The molecule has 0 saturated heterocycles. The highest BCUT2D eigenvalue weighted by molar-refractivity contribution is 5.79. The van der Waals surface area contributed by atoms with Crippen molar-refractivity contribution < 1.29 is 9.72 Å². The molecule has 23 heavy (non-hydrogen) atoms. The highest BCUT2D eigenvalue weighted by Crippen LogP contribution is 2.30. The Kier molecular flexibility index (Phi) is 4.45. The molecule has 0 radical (unpaired) electrons. The highest BCUT2D eigenvalue weighted by Gasteiger charge is 2.32. The first kappa shape index (κ1) is 15.7. The van der Waals surface area contributed by atoms with Crippen LogP contribution in [0.1, 0.15) is 44.1 Å². The van der Waals surface area contributed by atoms with Crippen molar-refractivity contribution in [3.8, 4) is 0 Å². The number of nitrogens with zero attached hydrogens (tertiary/aromatic N) is 2. The maximum atomic E-state index is 12.2. The average Bonchev–Trinajstić information content (AvgIpc) is 3.33. The molecule has 0 spiro atoms. The summed E-state index contributed by atoms with van der Waals surface area (Å²) in [7, 11) is 0. The zero-order chi connectivity index (χ0) is 16.4. The molecule has 1 heterocycles. The molecule has 2 N–H and O–H groups in total. The van der Waals surface area contributed by atoms with Crippen LogP contribution in [0.25, 0.3) is 0 Å². The Labute approximate surface area is 135 Å². The number of nitrogens with one attached hydrogen (secondary N) is 2. The zero-order valence-electron chi connectivity index (χ0n) is 13.2. The Morgan fingerprint density at radius 3 is 2.78 bits per heavy atom. The summed E-state index contributed by atoms with van der Waals surface area (Å²) in [5.74, 6) is 0.422. The second-order valence-electron chi connectivity index (χ2n) is 6.63. The Balaban J connectivity index is 1.65. The van der Waals surface area contributed by atoms with Gasteiger partial charge in [0.2, 0.25) is 11.7 Å². The number of carbonyl (C=O) groups excluding carboxylic acids is 1. The summed E-state index contributed by atoms with van der Waals surface area (Å²) in [4.78, 5) is 27.1. The van der Waals surface area contributed by atoms with Crippen LogP contribution >= 0.6 is 0 Å². The van der Waals surface area contributed by atoms with Gasteiger partial charge in [0.15, 0.2) is 0 Å². The van der Waals surface area contributed by atoms with Gasteiger partial charge in [-0.2, -0.15) is 0 Å². The molecule has 2 fully saturated rings. The van der Waals surface area contributed by atoms with E-state index in [1.807, 2.05) is 0 Å². The fourth-order valence-corrected chi connectivity index (χ4v) is 3.10. The number of pyridine rings is 1. The maximum Gasteiger partial charge on any atom is 0.311 e. The van der Waals surface area contributed by atoms with Gasteiger partial charge in [-0.3, -0.25) is 14.9 Å². The van der Waals surface area contributed by atoms with Crippen molar-refractivity contribution in [2.24, 2.45) is 5.92 Å². The van der Waals surface area contributed by atoms with E-state index in [4.69, 9.17) is 0 Å². The second kappa shape index (κ2) is 6.52. The van der Waals surface area contributed by atoms with Crippen molar-refractivity contribution >= 4 is 17.4 Å². The Bertz CT molecular complexity index is 615. The molecule has 1 aromatic heterocycles. The summed E-state index contributed by atoms with van der Waals surface area (Å²) in [5.41, 5.74) is 0.752. The van der Waals surface area contributed by atoms with Gasteiger partial charge in [0.05, 0.1) is 4.92 Å². The molecule has 1 amide bonds. The van der Waals surface area contributed by atoms with Gasteiger partial charge in [-0.05, 0) is 44.6 Å². The van der Waals surface area contributed by atoms with E-state index in [1.54, 1.807) is 13.1 Å². The normalized spacial score (nSPS) is 24.0. The van der Waals surface area contributed by atoms with Crippen LogP contribution < -0.4 is 10.6 Å². The molecule has 7 nitrogen and oxygen atoms in total. The van der Waals surface area contributed by atoms with E-state index in [0.29, 0.717) is 18.3 Å². The van der Waals surface area contributed by atoms with Crippen LogP contribution in [0.4, 0.5) is 11.5 Å². The molecule has 2 unspecified atom stereocenters. The number of nitro groups is 1. The number of carbonyl (C=O) groups is 1. The third-order valence-corrected chi connectivity index (χ3v) is 4.51. The van der Waals surface area contributed by atoms with Crippen LogP contribution in [-0.2, 0) is 4.79 Å². The number of aromatic nitrogens is 1. The fourth-order valence-electron chi connectivity index (χ4n) is 3.10. The Morgan fingerprint density at radius 1 is 1.30 bits per heavy atom. The van der Waals surface area contributed by atoms with E-state index in [9.17, 15) is 14.9 Å². The monoisotopic (exact) mass is 318 g/mol. The molecule has 2 aliphatic carbocycles. The number of anilines is 1. The van der Waals surface area contributed by atoms with Crippen LogP contribution in [0.2, 0.25) is 0 Å². The lowest BCUT2D eigenvalue weighted by Crippen LogP contribution is -2.38. The number of amides is 1. The SMILES string of the molecule is Cc1cnc(NC2CCCC(C(=O)NC3CC3)C2)c([N+](=O)[O-])c1. The summed E-state index contributed by atoms with van der Waals surface area (Å²) in [6, 6.07) is 1.94. The fraction of sp³-hybridized carbons (Fsp3) is 0.625. The molecule has 0 aromatic carbocycles. The van der Waals surface area contributed by atoms with Crippen molar-refractivity contribution in [1.29, 1.82) is 0 Å². The van der Waals surface area contributed by atoms with Crippen molar-refractivity contribution in [3.63, 3.8) is 0 Å². The first-order valence-corrected chi connectivity index (χ1v) is 8.21. The van der Waals surface area contributed by atoms with Crippen LogP contribution in [0.15, 0.2) is 12.3 Å². The number of hydrogen-bond acceptors (Lipinski definition) is 5. The third kappa shape index (κ3) is 3.97. The summed E-state index contributed by atoms with van der Waals surface area (Å²) in [6.45, 7) is 1.78. The lowest BCUT2D eigenvalue weighted by atomic mass is 9.85. The third-order valence-electron chi connectivity index (χ3n) is 4.51. The van der Waals surface area contributed by atoms with Gasteiger partial charge in [-0.15, -0.1) is 0 Å². The molecule has 2 atom stereocenters. The van der Waals surface area contributed by atoms with Gasteiger partial charge in [0.1, 0.15) is 0 Å². The Hall–Kier alpha value is -2.18. The molecule has 1 aromatic rings. The average molecular weight is 318 g/mol. The molecule has 2 saturated carbocycles. The van der Waals surface area contributed by atoms with Gasteiger partial charge in [0.25, 0.3) is 0 Å². The number of rotatable bonds is 5. The highest BCUT2D eigenvalue weighted by atomic mass is 16.6. The maximum absolute atomic E-state index is 12.2. The minimum atomic E-state index is -0.414. The van der Waals surface area contributed by atoms with Gasteiger partial charge >= 0.3 is 5.69 Å².